The summed E-state index contributed by atoms with van der Waals surface area (Å²) in [6, 6.07) is 14.3. The number of aromatic nitrogens is 1. The van der Waals surface area contributed by atoms with Gasteiger partial charge in [0.25, 0.3) is 0 Å². The summed E-state index contributed by atoms with van der Waals surface area (Å²) in [5, 5.41) is 3.50. The smallest absolute Gasteiger partial charge is 0.482 e. The number of nitrogens with zero attached hydrogens (tertiary/aromatic N) is 1. The van der Waals surface area contributed by atoms with E-state index in [1.165, 1.54) is 10.8 Å². The summed E-state index contributed by atoms with van der Waals surface area (Å²) < 4.78 is 5.29. The Balaban J connectivity index is 2.57. The van der Waals surface area contributed by atoms with E-state index in [-0.39, 0.29) is 0 Å². The van der Waals surface area contributed by atoms with Crippen LogP contribution in [0.15, 0.2) is 48.7 Å². The average molecular weight is 221 g/mol. The molecule has 1 aromatic heterocycles. The molecule has 0 fully saturated rings. The van der Waals surface area contributed by atoms with Crippen LogP contribution in [-0.2, 0) is 0 Å². The molecular formula is C13H8AlNO. The number of rotatable bonds is 1. The van der Waals surface area contributed by atoms with Crippen molar-refractivity contribution in [2.45, 2.75) is 0 Å². The van der Waals surface area contributed by atoms with Crippen LogP contribution in [0.2, 0.25) is 0 Å². The maximum absolute atomic E-state index is 5.29. The monoisotopic (exact) mass is 221 g/mol. The van der Waals surface area contributed by atoms with E-state index in [9.17, 15) is 0 Å². The maximum atomic E-state index is 5.29. The first-order valence-corrected chi connectivity index (χ1v) is 5.50. The van der Waals surface area contributed by atoms with E-state index in [0.29, 0.717) is 0 Å². The summed E-state index contributed by atoms with van der Waals surface area (Å²) in [4.78, 5) is 4.36. The van der Waals surface area contributed by atoms with Gasteiger partial charge in [0.15, 0.2) is 0 Å². The van der Waals surface area contributed by atoms with Crippen molar-refractivity contribution in [2.24, 2.45) is 0 Å². The summed E-state index contributed by atoms with van der Waals surface area (Å²) in [5.74, 6) is 0.791. The lowest BCUT2D eigenvalue weighted by Gasteiger charge is -2.09. The van der Waals surface area contributed by atoms with Gasteiger partial charge in [0, 0.05) is 11.6 Å². The van der Waals surface area contributed by atoms with Crippen molar-refractivity contribution in [1.29, 1.82) is 0 Å². The van der Waals surface area contributed by atoms with Gasteiger partial charge in [0.2, 0.25) is 0 Å². The van der Waals surface area contributed by atoms with Crippen molar-refractivity contribution < 1.29 is 3.79 Å². The van der Waals surface area contributed by atoms with Gasteiger partial charge in [-0.05, 0) is 22.9 Å². The lowest BCUT2D eigenvalue weighted by Crippen LogP contribution is -1.90. The van der Waals surface area contributed by atoms with Crippen LogP contribution in [0, 0.1) is 0 Å². The Hall–Kier alpha value is -1.56. The lowest BCUT2D eigenvalue weighted by atomic mass is 10.0. The molecule has 16 heavy (non-hydrogen) atoms. The van der Waals surface area contributed by atoms with Gasteiger partial charge in [0.1, 0.15) is 11.3 Å². The van der Waals surface area contributed by atoms with Gasteiger partial charge in [-0.3, -0.25) is 4.98 Å². The van der Waals surface area contributed by atoms with Crippen LogP contribution < -0.4 is 3.79 Å². The average Bonchev–Trinajstić information content (AvgIpc) is 2.38. The van der Waals surface area contributed by atoms with Gasteiger partial charge < -0.3 is 3.79 Å². The highest BCUT2D eigenvalue weighted by molar-refractivity contribution is 6.10. The van der Waals surface area contributed by atoms with Gasteiger partial charge in [0.05, 0.1) is 0 Å². The minimum atomic E-state index is 0.791. The second-order valence-corrected chi connectivity index (χ2v) is 3.85. The molecular weight excluding hydrogens is 213 g/mol. The van der Waals surface area contributed by atoms with Crippen molar-refractivity contribution in [3.8, 4) is 5.75 Å². The van der Waals surface area contributed by atoms with E-state index in [0.717, 1.165) is 16.7 Å². The molecule has 0 bridgehead atoms. The van der Waals surface area contributed by atoms with E-state index in [4.69, 9.17) is 3.79 Å². The number of hydrogen-bond acceptors (Lipinski definition) is 2. The number of pyridine rings is 1. The molecule has 2 nitrogen and oxygen atoms in total. The molecule has 0 aliphatic rings. The van der Waals surface area contributed by atoms with Crippen molar-refractivity contribution in [1.82, 2.24) is 4.98 Å². The van der Waals surface area contributed by atoms with E-state index in [2.05, 4.69) is 39.8 Å². The summed E-state index contributed by atoms with van der Waals surface area (Å²) in [6.07, 6.45) is 1.78. The molecule has 2 aromatic carbocycles. The normalized spacial score (nSPS) is 10.8. The molecule has 1 heterocycles. The molecule has 0 saturated heterocycles. The van der Waals surface area contributed by atoms with Gasteiger partial charge in [-0.1, -0.05) is 30.3 Å². The molecule has 0 spiro atoms. The molecule has 0 aliphatic carbocycles. The van der Waals surface area contributed by atoms with Crippen molar-refractivity contribution >= 4 is 38.3 Å². The lowest BCUT2D eigenvalue weighted by molar-refractivity contribution is 0.623. The Morgan fingerprint density at radius 1 is 1.00 bits per heavy atom. The zero-order valence-corrected chi connectivity index (χ0v) is 9.71. The molecule has 3 aromatic rings. The Morgan fingerprint density at radius 2 is 1.81 bits per heavy atom. The summed E-state index contributed by atoms with van der Waals surface area (Å²) in [5.41, 5.74) is 0.899. The molecule has 0 saturated carbocycles. The first-order chi connectivity index (χ1) is 7.90. The highest BCUT2D eigenvalue weighted by atomic mass is 27.1. The third kappa shape index (κ3) is 1.37. The predicted molar refractivity (Wildman–Crippen MR) is 65.6 cm³/mol. The summed E-state index contributed by atoms with van der Waals surface area (Å²) >= 11 is 2.28. The maximum Gasteiger partial charge on any atom is 0.482 e. The first kappa shape index (κ1) is 9.65. The fourth-order valence-electron chi connectivity index (χ4n) is 1.99. The number of fused-ring (bicyclic) bond motifs is 3. The van der Waals surface area contributed by atoms with Crippen LogP contribution in [0.1, 0.15) is 0 Å². The van der Waals surface area contributed by atoms with Gasteiger partial charge in [-0.2, -0.15) is 0 Å². The van der Waals surface area contributed by atoms with Crippen LogP contribution in [0.3, 0.4) is 0 Å². The van der Waals surface area contributed by atoms with Crippen molar-refractivity contribution in [2.75, 3.05) is 0 Å². The molecule has 3 rings (SSSR count). The topological polar surface area (TPSA) is 22.1 Å². The third-order valence-electron chi connectivity index (χ3n) is 2.71. The molecule has 74 valence electrons. The largest absolute Gasteiger partial charge is 0.652 e. The minimum absolute atomic E-state index is 0.791. The highest BCUT2D eigenvalue weighted by Gasteiger charge is 2.05. The minimum Gasteiger partial charge on any atom is -0.652 e. The van der Waals surface area contributed by atoms with Crippen LogP contribution in [-0.4, -0.2) is 21.6 Å². The summed E-state index contributed by atoms with van der Waals surface area (Å²) in [6.45, 7) is 0. The van der Waals surface area contributed by atoms with Crippen LogP contribution in [0.5, 0.6) is 5.75 Å². The molecule has 0 amide bonds. The summed E-state index contributed by atoms with van der Waals surface area (Å²) in [7, 11) is 0. The van der Waals surface area contributed by atoms with Gasteiger partial charge in [-0.25, -0.2) is 0 Å². The Labute approximate surface area is 102 Å². The fraction of sp³-hybridized carbons (Fsp3) is 0. The number of hydrogen-bond donors (Lipinski definition) is 0. The van der Waals surface area contributed by atoms with E-state index < -0.39 is 0 Å². The van der Waals surface area contributed by atoms with E-state index in [1.807, 2.05) is 24.3 Å². The fourth-order valence-corrected chi connectivity index (χ4v) is 2.17. The van der Waals surface area contributed by atoms with Gasteiger partial charge in [-0.15, -0.1) is 0 Å². The standard InChI is InChI=1S/C13H9NO.Al/c15-12-8-9-4-1-2-5-10(9)11-6-3-7-14-13(11)12;/h1-8,15H;/q;+1/p-1. The molecule has 2 radical (unpaired) electrons. The SMILES string of the molecule is [Al][O]c1cc2ccccc2c2cccnc12. The Kier molecular flexibility index (Phi) is 2.28. The predicted octanol–water partition coefficient (Wildman–Crippen LogP) is 2.85. The molecule has 0 aliphatic heterocycles. The first-order valence-electron chi connectivity index (χ1n) is 5.03. The Morgan fingerprint density at radius 3 is 2.69 bits per heavy atom. The van der Waals surface area contributed by atoms with Crippen molar-refractivity contribution in [3.05, 3.63) is 48.7 Å². The van der Waals surface area contributed by atoms with E-state index >= 15 is 0 Å². The second-order valence-electron chi connectivity index (χ2n) is 3.61. The zero-order chi connectivity index (χ0) is 11.0. The van der Waals surface area contributed by atoms with Crippen LogP contribution in [0.4, 0.5) is 0 Å². The van der Waals surface area contributed by atoms with Crippen molar-refractivity contribution in [3.63, 3.8) is 0 Å². The second kappa shape index (κ2) is 3.79. The zero-order valence-electron chi connectivity index (χ0n) is 8.55. The number of benzene rings is 2. The third-order valence-corrected chi connectivity index (χ3v) is 2.96. The Bertz CT molecular complexity index is 666. The molecule has 3 heteroatoms. The highest BCUT2D eigenvalue weighted by Crippen LogP contribution is 2.31. The van der Waals surface area contributed by atoms with E-state index in [1.54, 1.807) is 6.20 Å². The van der Waals surface area contributed by atoms with Crippen LogP contribution >= 0.6 is 0 Å². The molecule has 0 atom stereocenters. The molecule has 0 N–H and O–H groups in total. The quantitative estimate of drug-likeness (QED) is 0.465. The molecule has 0 unspecified atom stereocenters. The van der Waals surface area contributed by atoms with Gasteiger partial charge >= 0.3 is 16.6 Å². The van der Waals surface area contributed by atoms with Crippen LogP contribution in [0.25, 0.3) is 21.7 Å².